The second kappa shape index (κ2) is 8.85. The average molecular weight is 336 g/mol. The Morgan fingerprint density at radius 3 is 1.60 bits per heavy atom. The molecule has 0 aliphatic carbocycles. The minimum absolute atomic E-state index is 1.09. The van der Waals surface area contributed by atoms with Crippen molar-refractivity contribution in [1.82, 2.24) is 5.32 Å². The number of hydrogen-bond donors (Lipinski definition) is 1. The van der Waals surface area contributed by atoms with Crippen LogP contribution in [0.5, 0.6) is 0 Å². The minimum atomic E-state index is -2.01. The van der Waals surface area contributed by atoms with Crippen molar-refractivity contribution in [2.24, 2.45) is 0 Å². The summed E-state index contributed by atoms with van der Waals surface area (Å²) in [6.45, 7) is 20.3. The fraction of sp³-hybridized carbons (Fsp3) is 1.00. The summed E-state index contributed by atoms with van der Waals surface area (Å²) < 4.78 is 13.0. The molecule has 0 heterocycles. The molecule has 122 valence electrons. The Morgan fingerprint density at radius 2 is 1.20 bits per heavy atom. The first-order valence-corrected chi connectivity index (χ1v) is 17.4. The van der Waals surface area contributed by atoms with Gasteiger partial charge >= 0.3 is 8.56 Å². The van der Waals surface area contributed by atoms with Crippen LogP contribution in [0, 0.1) is 0 Å². The van der Waals surface area contributed by atoms with E-state index < -0.39 is 25.2 Å². The Labute approximate surface area is 130 Å². The summed E-state index contributed by atoms with van der Waals surface area (Å²) in [6, 6.07) is 1.11. The zero-order valence-electron chi connectivity index (χ0n) is 15.1. The summed E-state index contributed by atoms with van der Waals surface area (Å²) in [5.41, 5.74) is 0. The maximum absolute atomic E-state index is 6.49. The Hall–Kier alpha value is 0.531. The van der Waals surface area contributed by atoms with Crippen molar-refractivity contribution in [3.63, 3.8) is 0 Å². The largest absolute Gasteiger partial charge is 0.437 e. The van der Waals surface area contributed by atoms with Crippen LogP contribution in [-0.4, -0.2) is 38.3 Å². The van der Waals surface area contributed by atoms with Crippen LogP contribution in [0.15, 0.2) is 0 Å². The Bertz CT molecular complexity index is 246. The number of unbranched alkanes of at least 4 members (excludes halogenated alkanes) is 1. The molecule has 0 rings (SSSR count). The van der Waals surface area contributed by atoms with Gasteiger partial charge in [0.05, 0.1) is 0 Å². The first kappa shape index (κ1) is 20.5. The molecule has 1 N–H and O–H groups in total. The predicted molar refractivity (Wildman–Crippen MR) is 97.7 cm³/mol. The zero-order valence-corrected chi connectivity index (χ0v) is 18.1. The van der Waals surface area contributed by atoms with Crippen LogP contribution < -0.4 is 5.32 Å². The summed E-state index contributed by atoms with van der Waals surface area (Å²) >= 11 is 0. The third kappa shape index (κ3) is 12.3. The minimum Gasteiger partial charge on any atom is -0.437 e. The highest BCUT2D eigenvalue weighted by Crippen LogP contribution is 2.25. The summed E-state index contributed by atoms with van der Waals surface area (Å²) in [7, 11) is -5.08. The maximum Gasteiger partial charge on any atom is 0.314 e. The Balaban J connectivity index is 4.32. The van der Waals surface area contributed by atoms with E-state index in [1.54, 1.807) is 0 Å². The van der Waals surface area contributed by atoms with E-state index in [-0.39, 0.29) is 0 Å². The van der Waals surface area contributed by atoms with Crippen LogP contribution >= 0.6 is 0 Å². The lowest BCUT2D eigenvalue weighted by Crippen LogP contribution is -2.52. The van der Waals surface area contributed by atoms with E-state index in [1.165, 1.54) is 19.3 Å². The first-order chi connectivity index (χ1) is 8.97. The van der Waals surface area contributed by atoms with Gasteiger partial charge in [0.15, 0.2) is 16.6 Å². The lowest BCUT2D eigenvalue weighted by atomic mass is 10.3. The molecule has 0 saturated carbocycles. The SMILES string of the molecule is CCCCNCCC[Si](C)(O[Si](C)(C)C)O[Si](C)(C)C. The van der Waals surface area contributed by atoms with Gasteiger partial charge in [-0.15, -0.1) is 0 Å². The van der Waals surface area contributed by atoms with E-state index in [9.17, 15) is 0 Å². The summed E-state index contributed by atoms with van der Waals surface area (Å²) in [6.07, 6.45) is 3.70. The second-order valence-corrected chi connectivity index (χ2v) is 20.6. The van der Waals surface area contributed by atoms with Crippen LogP contribution in [-0.2, 0) is 8.23 Å². The molecule has 20 heavy (non-hydrogen) atoms. The van der Waals surface area contributed by atoms with Gasteiger partial charge in [0.25, 0.3) is 0 Å². The van der Waals surface area contributed by atoms with Crippen LogP contribution in [0.3, 0.4) is 0 Å². The molecular formula is C14H37NO2Si3. The summed E-state index contributed by atoms with van der Waals surface area (Å²) in [5.74, 6) is 0. The molecule has 0 aliphatic heterocycles. The zero-order chi connectivity index (χ0) is 15.9. The van der Waals surface area contributed by atoms with E-state index >= 15 is 0 Å². The van der Waals surface area contributed by atoms with E-state index in [2.05, 4.69) is 58.1 Å². The molecule has 0 atom stereocenters. The number of nitrogens with one attached hydrogen (secondary N) is 1. The number of rotatable bonds is 11. The van der Waals surface area contributed by atoms with Gasteiger partial charge in [-0.05, 0) is 77.8 Å². The highest BCUT2D eigenvalue weighted by molar-refractivity contribution is 6.87. The smallest absolute Gasteiger partial charge is 0.314 e. The highest BCUT2D eigenvalue weighted by Gasteiger charge is 2.39. The molecule has 3 nitrogen and oxygen atoms in total. The lowest BCUT2D eigenvalue weighted by molar-refractivity contribution is 0.380. The molecule has 0 aliphatic rings. The fourth-order valence-corrected chi connectivity index (χ4v) is 14.9. The Morgan fingerprint density at radius 1 is 0.750 bits per heavy atom. The van der Waals surface area contributed by atoms with Crippen LogP contribution in [0.2, 0.25) is 51.9 Å². The number of hydrogen-bond acceptors (Lipinski definition) is 3. The van der Waals surface area contributed by atoms with Gasteiger partial charge in [-0.2, -0.15) is 0 Å². The topological polar surface area (TPSA) is 30.5 Å². The van der Waals surface area contributed by atoms with Gasteiger partial charge in [-0.25, -0.2) is 0 Å². The molecule has 0 fully saturated rings. The van der Waals surface area contributed by atoms with Gasteiger partial charge in [0.1, 0.15) is 0 Å². The molecule has 0 aromatic carbocycles. The van der Waals surface area contributed by atoms with Crippen LogP contribution in [0.4, 0.5) is 0 Å². The third-order valence-corrected chi connectivity index (χ3v) is 12.4. The quantitative estimate of drug-likeness (QED) is 0.444. The fourth-order valence-electron chi connectivity index (χ4n) is 2.38. The van der Waals surface area contributed by atoms with Crippen molar-refractivity contribution < 1.29 is 8.23 Å². The second-order valence-electron chi connectivity index (χ2n) is 7.77. The van der Waals surface area contributed by atoms with Gasteiger partial charge < -0.3 is 13.5 Å². The summed E-state index contributed by atoms with van der Waals surface area (Å²) in [5, 5.41) is 3.52. The van der Waals surface area contributed by atoms with E-state index in [0.29, 0.717) is 0 Å². The lowest BCUT2D eigenvalue weighted by Gasteiger charge is -2.38. The van der Waals surface area contributed by atoms with Crippen molar-refractivity contribution in [3.8, 4) is 0 Å². The van der Waals surface area contributed by atoms with Gasteiger partial charge in [-0.3, -0.25) is 0 Å². The van der Waals surface area contributed by atoms with E-state index in [4.69, 9.17) is 8.23 Å². The summed E-state index contributed by atoms with van der Waals surface area (Å²) in [4.78, 5) is 0. The normalized spacial score (nSPS) is 13.8. The molecule has 0 aromatic heterocycles. The monoisotopic (exact) mass is 335 g/mol. The van der Waals surface area contributed by atoms with Gasteiger partial charge in [-0.1, -0.05) is 13.3 Å². The van der Waals surface area contributed by atoms with Crippen molar-refractivity contribution in [1.29, 1.82) is 0 Å². The van der Waals surface area contributed by atoms with Crippen molar-refractivity contribution in [2.75, 3.05) is 13.1 Å². The van der Waals surface area contributed by atoms with Gasteiger partial charge in [0, 0.05) is 0 Å². The van der Waals surface area contributed by atoms with Crippen LogP contribution in [0.1, 0.15) is 26.2 Å². The molecule has 6 heteroatoms. The molecule has 0 amide bonds. The van der Waals surface area contributed by atoms with Crippen LogP contribution in [0.25, 0.3) is 0 Å². The van der Waals surface area contributed by atoms with E-state index in [1.807, 2.05) is 0 Å². The first-order valence-electron chi connectivity index (χ1n) is 8.08. The maximum atomic E-state index is 6.49. The van der Waals surface area contributed by atoms with Crippen molar-refractivity contribution >= 4 is 25.2 Å². The Kier molecular flexibility index (Phi) is 9.08. The molecule has 0 radical (unpaired) electrons. The van der Waals surface area contributed by atoms with Crippen molar-refractivity contribution in [2.45, 2.75) is 78.1 Å². The molecular weight excluding hydrogens is 298 g/mol. The molecule has 0 saturated heterocycles. The third-order valence-electron chi connectivity index (χ3n) is 2.74. The average Bonchev–Trinajstić information content (AvgIpc) is 2.17. The van der Waals surface area contributed by atoms with E-state index in [0.717, 1.165) is 19.1 Å². The molecule has 0 spiro atoms. The standard InChI is InChI=1S/C14H37NO2Si3/c1-9-10-12-15-13-11-14-20(8,16-18(2,3)4)17-19(5,6)7/h15H,9-14H2,1-8H3. The van der Waals surface area contributed by atoms with Gasteiger partial charge in [0.2, 0.25) is 0 Å². The van der Waals surface area contributed by atoms with Crippen molar-refractivity contribution in [3.05, 3.63) is 0 Å². The highest BCUT2D eigenvalue weighted by atomic mass is 28.5. The molecule has 0 aromatic rings. The predicted octanol–water partition coefficient (Wildman–Crippen LogP) is 4.54. The molecule has 0 bridgehead atoms. The molecule has 0 unspecified atom stereocenters.